The highest BCUT2D eigenvalue weighted by molar-refractivity contribution is 6.31. The number of benzene rings is 2. The fourth-order valence-corrected chi connectivity index (χ4v) is 3.86. The maximum atomic E-state index is 13.1. The highest BCUT2D eigenvalue weighted by Gasteiger charge is 2.49. The third-order valence-corrected chi connectivity index (χ3v) is 5.61. The van der Waals surface area contributed by atoms with Gasteiger partial charge in [-0.1, -0.05) is 35.3 Å². The lowest BCUT2D eigenvalue weighted by Gasteiger charge is -2.37. The number of fused-ring (bicyclic) bond motifs is 1. The SMILES string of the molecule is CN1C=C(C(=O)NCc2ccc(Cl)cc2)C2NC(=O)N(c3ccc(Cl)cc3)C(=O)C21. The number of hydrogen-bond donors (Lipinski definition) is 2. The quantitative estimate of drug-likeness (QED) is 0.759. The van der Waals surface area contributed by atoms with Crippen LogP contribution in [-0.2, 0) is 16.1 Å². The number of carbonyl (C=O) groups is 3. The van der Waals surface area contributed by atoms with Crippen LogP contribution < -0.4 is 15.5 Å². The molecule has 4 amide bonds. The van der Waals surface area contributed by atoms with E-state index in [4.69, 9.17) is 23.2 Å². The predicted octanol–water partition coefficient (Wildman–Crippen LogP) is 2.93. The van der Waals surface area contributed by atoms with Gasteiger partial charge in [-0.3, -0.25) is 9.59 Å². The molecule has 0 radical (unpaired) electrons. The van der Waals surface area contributed by atoms with Crippen LogP contribution in [0.15, 0.2) is 60.3 Å². The zero-order chi connectivity index (χ0) is 21.4. The Labute approximate surface area is 183 Å². The van der Waals surface area contributed by atoms with Crippen molar-refractivity contribution >= 4 is 46.7 Å². The van der Waals surface area contributed by atoms with Gasteiger partial charge in [0.1, 0.15) is 6.04 Å². The minimum Gasteiger partial charge on any atom is -0.366 e. The zero-order valence-electron chi connectivity index (χ0n) is 15.9. The van der Waals surface area contributed by atoms with E-state index < -0.39 is 24.0 Å². The Hall–Kier alpha value is -3.03. The lowest BCUT2D eigenvalue weighted by Crippen LogP contribution is -2.65. The van der Waals surface area contributed by atoms with E-state index in [1.807, 2.05) is 12.1 Å². The van der Waals surface area contributed by atoms with E-state index in [1.165, 1.54) is 0 Å². The number of nitrogens with one attached hydrogen (secondary N) is 2. The molecule has 9 heteroatoms. The third kappa shape index (κ3) is 3.74. The summed E-state index contributed by atoms with van der Waals surface area (Å²) in [5, 5.41) is 6.72. The van der Waals surface area contributed by atoms with Gasteiger partial charge in [0.05, 0.1) is 17.3 Å². The number of amides is 4. The lowest BCUT2D eigenvalue weighted by atomic mass is 9.99. The number of hydrogen-bond acceptors (Lipinski definition) is 4. The molecule has 0 saturated carbocycles. The summed E-state index contributed by atoms with van der Waals surface area (Å²) in [7, 11) is 1.70. The summed E-state index contributed by atoms with van der Waals surface area (Å²) in [5.74, 6) is -0.761. The second-order valence-corrected chi connectivity index (χ2v) is 7.95. The van der Waals surface area contributed by atoms with Gasteiger partial charge in [-0.05, 0) is 42.0 Å². The van der Waals surface area contributed by atoms with Crippen LogP contribution in [-0.4, -0.2) is 41.9 Å². The van der Waals surface area contributed by atoms with Crippen molar-refractivity contribution in [1.29, 1.82) is 0 Å². The molecule has 2 aliphatic rings. The number of nitrogens with zero attached hydrogens (tertiary/aromatic N) is 2. The Morgan fingerprint density at radius 3 is 2.27 bits per heavy atom. The van der Waals surface area contributed by atoms with Crippen LogP contribution in [0.5, 0.6) is 0 Å². The number of rotatable bonds is 4. The highest BCUT2D eigenvalue weighted by atomic mass is 35.5. The molecule has 2 aliphatic heterocycles. The molecule has 4 rings (SSSR count). The minimum absolute atomic E-state index is 0.299. The van der Waals surface area contributed by atoms with E-state index in [0.717, 1.165) is 10.5 Å². The normalized spacial score (nSPS) is 20.6. The van der Waals surface area contributed by atoms with Gasteiger partial charge in [-0.15, -0.1) is 0 Å². The molecule has 2 aromatic rings. The van der Waals surface area contributed by atoms with Crippen LogP contribution in [0.3, 0.4) is 0 Å². The second-order valence-electron chi connectivity index (χ2n) is 7.08. The topological polar surface area (TPSA) is 81.8 Å². The maximum absolute atomic E-state index is 13.1. The summed E-state index contributed by atoms with van der Waals surface area (Å²) in [6, 6.07) is 11.5. The molecule has 1 saturated heterocycles. The van der Waals surface area contributed by atoms with Gasteiger partial charge in [0.25, 0.3) is 11.8 Å². The maximum Gasteiger partial charge on any atom is 0.329 e. The van der Waals surface area contributed by atoms with Crippen molar-refractivity contribution in [3.05, 3.63) is 75.9 Å². The monoisotopic (exact) mass is 444 g/mol. The van der Waals surface area contributed by atoms with E-state index in [9.17, 15) is 14.4 Å². The summed E-state index contributed by atoms with van der Waals surface area (Å²) >= 11 is 11.8. The number of anilines is 1. The summed E-state index contributed by atoms with van der Waals surface area (Å²) in [6.45, 7) is 0.299. The molecule has 2 heterocycles. The van der Waals surface area contributed by atoms with Crippen LogP contribution in [0.4, 0.5) is 10.5 Å². The third-order valence-electron chi connectivity index (χ3n) is 5.10. The van der Waals surface area contributed by atoms with Gasteiger partial charge < -0.3 is 15.5 Å². The van der Waals surface area contributed by atoms with Crippen molar-refractivity contribution in [3.8, 4) is 0 Å². The fraction of sp³-hybridized carbons (Fsp3) is 0.190. The van der Waals surface area contributed by atoms with E-state index in [0.29, 0.717) is 27.9 Å². The molecule has 2 N–H and O–H groups in total. The highest BCUT2D eigenvalue weighted by Crippen LogP contribution is 2.30. The van der Waals surface area contributed by atoms with E-state index in [-0.39, 0.29) is 5.91 Å². The smallest absolute Gasteiger partial charge is 0.329 e. The molecule has 2 atom stereocenters. The molecule has 7 nitrogen and oxygen atoms in total. The van der Waals surface area contributed by atoms with Crippen molar-refractivity contribution < 1.29 is 14.4 Å². The minimum atomic E-state index is -0.733. The first-order valence-corrected chi connectivity index (χ1v) is 9.97. The Morgan fingerprint density at radius 1 is 1.03 bits per heavy atom. The molecular weight excluding hydrogens is 427 g/mol. The summed E-state index contributed by atoms with van der Waals surface area (Å²) in [4.78, 5) is 41.3. The number of urea groups is 1. The number of imide groups is 1. The van der Waals surface area contributed by atoms with Crippen LogP contribution in [0.2, 0.25) is 10.0 Å². The van der Waals surface area contributed by atoms with Crippen molar-refractivity contribution in [2.75, 3.05) is 11.9 Å². The van der Waals surface area contributed by atoms with E-state index in [2.05, 4.69) is 10.6 Å². The first-order chi connectivity index (χ1) is 14.3. The van der Waals surface area contributed by atoms with E-state index >= 15 is 0 Å². The Balaban J connectivity index is 1.50. The fourth-order valence-electron chi connectivity index (χ4n) is 3.61. The van der Waals surface area contributed by atoms with Crippen LogP contribution in [0, 0.1) is 0 Å². The molecule has 0 aliphatic carbocycles. The first-order valence-electron chi connectivity index (χ1n) is 9.21. The molecule has 0 spiro atoms. The lowest BCUT2D eigenvalue weighted by molar-refractivity contribution is -0.122. The molecule has 0 bridgehead atoms. The zero-order valence-corrected chi connectivity index (χ0v) is 17.4. The molecule has 154 valence electrons. The van der Waals surface area contributed by atoms with Crippen LogP contribution in [0.1, 0.15) is 5.56 Å². The average molecular weight is 445 g/mol. The predicted molar refractivity (Wildman–Crippen MR) is 114 cm³/mol. The molecule has 0 aromatic heterocycles. The molecule has 2 unspecified atom stereocenters. The number of likely N-dealkylation sites (N-methyl/N-ethyl adjacent to an activating group) is 1. The molecule has 30 heavy (non-hydrogen) atoms. The van der Waals surface area contributed by atoms with Crippen LogP contribution in [0.25, 0.3) is 0 Å². The van der Waals surface area contributed by atoms with Gasteiger partial charge in [0.15, 0.2) is 0 Å². The van der Waals surface area contributed by atoms with Gasteiger partial charge >= 0.3 is 6.03 Å². The molecule has 2 aromatic carbocycles. The summed E-state index contributed by atoms with van der Waals surface area (Å²) in [6.07, 6.45) is 1.59. The molecule has 1 fully saturated rings. The Kier molecular flexibility index (Phi) is 5.40. The van der Waals surface area contributed by atoms with Crippen molar-refractivity contribution in [2.24, 2.45) is 0 Å². The number of halogens is 2. The van der Waals surface area contributed by atoms with Crippen molar-refractivity contribution in [3.63, 3.8) is 0 Å². The van der Waals surface area contributed by atoms with E-state index in [1.54, 1.807) is 54.5 Å². The van der Waals surface area contributed by atoms with Gasteiger partial charge in [0, 0.05) is 29.8 Å². The second kappa shape index (κ2) is 8.01. The Bertz CT molecular complexity index is 1040. The van der Waals surface area contributed by atoms with Crippen LogP contribution >= 0.6 is 23.2 Å². The first kappa shape index (κ1) is 20.3. The number of carbonyl (C=O) groups excluding carboxylic acids is 3. The summed E-state index contributed by atoms with van der Waals surface area (Å²) in [5.41, 5.74) is 1.62. The van der Waals surface area contributed by atoms with Crippen molar-refractivity contribution in [1.82, 2.24) is 15.5 Å². The molecular formula is C21H18Cl2N4O3. The van der Waals surface area contributed by atoms with Gasteiger partial charge in [-0.25, -0.2) is 9.69 Å². The van der Waals surface area contributed by atoms with Crippen molar-refractivity contribution in [2.45, 2.75) is 18.6 Å². The average Bonchev–Trinajstić information content (AvgIpc) is 3.05. The van der Waals surface area contributed by atoms with Gasteiger partial charge in [0.2, 0.25) is 0 Å². The standard InChI is InChI=1S/C21H18Cl2N4O3/c1-26-11-16(19(28)24-10-12-2-4-13(22)5-3-12)17-18(26)20(29)27(21(30)25-17)15-8-6-14(23)7-9-15/h2-9,11,17-18H,10H2,1H3,(H,24,28)(H,25,30). The Morgan fingerprint density at radius 2 is 1.63 bits per heavy atom. The van der Waals surface area contributed by atoms with Gasteiger partial charge in [-0.2, -0.15) is 0 Å². The largest absolute Gasteiger partial charge is 0.366 e. The summed E-state index contributed by atoms with van der Waals surface area (Å²) < 4.78 is 0.